The smallest absolute Gasteiger partial charge is 0.338 e. The van der Waals surface area contributed by atoms with E-state index in [4.69, 9.17) is 21.1 Å². The summed E-state index contributed by atoms with van der Waals surface area (Å²) in [5.74, 6) is -0.236. The van der Waals surface area contributed by atoms with Crippen LogP contribution in [0.4, 0.5) is 5.69 Å². The van der Waals surface area contributed by atoms with Crippen molar-refractivity contribution in [3.8, 4) is 5.75 Å². The van der Waals surface area contributed by atoms with Crippen LogP contribution in [0.5, 0.6) is 5.75 Å². The zero-order valence-electron chi connectivity index (χ0n) is 14.1. The molecular weight excluding hydrogens is 342 g/mol. The van der Waals surface area contributed by atoms with Gasteiger partial charge in [0.05, 0.1) is 22.9 Å². The Bertz CT molecular complexity index is 733. The first-order valence-corrected chi connectivity index (χ1v) is 8.38. The summed E-state index contributed by atoms with van der Waals surface area (Å²) in [7, 11) is 0. The number of para-hydroxylation sites is 1. The Morgan fingerprint density at radius 2 is 1.88 bits per heavy atom. The first-order chi connectivity index (χ1) is 12.0. The highest BCUT2D eigenvalue weighted by molar-refractivity contribution is 6.33. The van der Waals surface area contributed by atoms with Crippen LogP contribution in [-0.2, 0) is 9.53 Å². The van der Waals surface area contributed by atoms with Gasteiger partial charge in [0.2, 0.25) is 0 Å². The molecule has 1 amide bonds. The summed E-state index contributed by atoms with van der Waals surface area (Å²) in [5.41, 5.74) is 0.658. The minimum Gasteiger partial charge on any atom is -0.481 e. The summed E-state index contributed by atoms with van der Waals surface area (Å²) in [6.07, 6.45) is 0.00577. The van der Waals surface area contributed by atoms with Crippen LogP contribution in [0.1, 0.15) is 30.6 Å². The number of hydrogen-bond donors (Lipinski definition) is 1. The number of carbonyl (C=O) groups is 2. The Morgan fingerprint density at radius 3 is 2.56 bits per heavy atom. The molecule has 1 atom stereocenters. The fraction of sp³-hybridized carbons (Fsp3) is 0.263. The van der Waals surface area contributed by atoms with Crippen molar-refractivity contribution in [1.29, 1.82) is 0 Å². The van der Waals surface area contributed by atoms with E-state index in [0.29, 0.717) is 28.6 Å². The topological polar surface area (TPSA) is 64.6 Å². The molecule has 0 saturated heterocycles. The third-order valence-corrected chi connectivity index (χ3v) is 3.65. The van der Waals surface area contributed by atoms with Crippen LogP contribution in [0.2, 0.25) is 5.02 Å². The van der Waals surface area contributed by atoms with E-state index >= 15 is 0 Å². The number of benzene rings is 2. The van der Waals surface area contributed by atoms with Crippen molar-refractivity contribution < 1.29 is 19.1 Å². The van der Waals surface area contributed by atoms with Gasteiger partial charge in [-0.1, -0.05) is 36.7 Å². The van der Waals surface area contributed by atoms with Gasteiger partial charge in [0.15, 0.2) is 6.10 Å². The van der Waals surface area contributed by atoms with Gasteiger partial charge in [-0.05, 0) is 43.7 Å². The van der Waals surface area contributed by atoms with Crippen LogP contribution >= 0.6 is 11.6 Å². The highest BCUT2D eigenvalue weighted by Crippen LogP contribution is 2.24. The molecule has 6 heteroatoms. The molecule has 2 aromatic rings. The maximum absolute atomic E-state index is 12.3. The number of ether oxygens (including phenoxy) is 2. The Balaban J connectivity index is 2.05. The second kappa shape index (κ2) is 9.08. The number of esters is 1. The van der Waals surface area contributed by atoms with Crippen LogP contribution < -0.4 is 10.1 Å². The van der Waals surface area contributed by atoms with Gasteiger partial charge in [0.25, 0.3) is 5.91 Å². The van der Waals surface area contributed by atoms with E-state index in [2.05, 4.69) is 5.32 Å². The predicted octanol–water partition coefficient (Wildman–Crippen LogP) is 4.31. The zero-order valence-corrected chi connectivity index (χ0v) is 14.9. The predicted molar refractivity (Wildman–Crippen MR) is 97.2 cm³/mol. The Hall–Kier alpha value is -2.53. The molecule has 0 aliphatic carbocycles. The largest absolute Gasteiger partial charge is 0.481 e. The van der Waals surface area contributed by atoms with Crippen LogP contribution in [0, 0.1) is 0 Å². The highest BCUT2D eigenvalue weighted by atomic mass is 35.5. The Labute approximate surface area is 151 Å². The molecule has 1 N–H and O–H groups in total. The molecule has 0 radical (unpaired) electrons. The lowest BCUT2D eigenvalue weighted by Gasteiger charge is -2.15. The molecule has 0 aliphatic rings. The number of halogens is 1. The van der Waals surface area contributed by atoms with Gasteiger partial charge in [-0.3, -0.25) is 4.79 Å². The number of nitrogens with one attached hydrogen (secondary N) is 1. The van der Waals surface area contributed by atoms with Gasteiger partial charge >= 0.3 is 5.97 Å². The van der Waals surface area contributed by atoms with Gasteiger partial charge in [-0.25, -0.2) is 4.79 Å². The molecule has 132 valence electrons. The highest BCUT2D eigenvalue weighted by Gasteiger charge is 2.17. The number of rotatable bonds is 7. The summed E-state index contributed by atoms with van der Waals surface area (Å²) >= 11 is 6.11. The van der Waals surface area contributed by atoms with E-state index in [9.17, 15) is 9.59 Å². The number of amides is 1. The van der Waals surface area contributed by atoms with Crippen molar-refractivity contribution in [3.05, 3.63) is 59.1 Å². The normalized spacial score (nSPS) is 11.5. The maximum atomic E-state index is 12.3. The molecule has 0 fully saturated rings. The monoisotopic (exact) mass is 361 g/mol. The fourth-order valence-electron chi connectivity index (χ4n) is 2.02. The molecule has 0 aromatic heterocycles. The van der Waals surface area contributed by atoms with Crippen LogP contribution in [0.25, 0.3) is 0 Å². The third kappa shape index (κ3) is 5.50. The third-order valence-electron chi connectivity index (χ3n) is 3.32. The van der Waals surface area contributed by atoms with Gasteiger partial charge in [-0.15, -0.1) is 0 Å². The zero-order chi connectivity index (χ0) is 18.2. The average molecular weight is 362 g/mol. The number of anilines is 1. The molecule has 2 rings (SSSR count). The van der Waals surface area contributed by atoms with E-state index in [1.165, 1.54) is 6.07 Å². The first kappa shape index (κ1) is 18.8. The molecule has 2 aromatic carbocycles. The second-order valence-electron chi connectivity index (χ2n) is 5.39. The van der Waals surface area contributed by atoms with E-state index in [1.807, 2.05) is 25.1 Å². The molecule has 0 spiro atoms. The number of carbonyl (C=O) groups excluding carboxylic acids is 2. The summed E-state index contributed by atoms with van der Waals surface area (Å²) in [5, 5.41) is 3.00. The van der Waals surface area contributed by atoms with Crippen molar-refractivity contribution in [2.75, 3.05) is 11.9 Å². The van der Waals surface area contributed by atoms with Crippen LogP contribution in [0.3, 0.4) is 0 Å². The minimum absolute atomic E-state index is 0.324. The summed E-state index contributed by atoms with van der Waals surface area (Å²) in [4.78, 5) is 24.2. The lowest BCUT2D eigenvalue weighted by Crippen LogP contribution is -2.30. The molecule has 0 saturated carbocycles. The van der Waals surface area contributed by atoms with Crippen molar-refractivity contribution in [2.24, 2.45) is 0 Å². The number of hydrogen-bond acceptors (Lipinski definition) is 4. The van der Waals surface area contributed by atoms with Gasteiger partial charge in [-0.2, -0.15) is 0 Å². The van der Waals surface area contributed by atoms with E-state index in [-0.39, 0.29) is 5.91 Å². The molecule has 0 aliphatic heterocycles. The van der Waals surface area contributed by atoms with Crippen molar-refractivity contribution in [2.45, 2.75) is 26.4 Å². The van der Waals surface area contributed by atoms with E-state index in [0.717, 1.165) is 6.42 Å². The minimum atomic E-state index is -0.728. The fourth-order valence-corrected chi connectivity index (χ4v) is 2.18. The lowest BCUT2D eigenvalue weighted by molar-refractivity contribution is -0.122. The maximum Gasteiger partial charge on any atom is 0.338 e. The summed E-state index contributed by atoms with van der Waals surface area (Å²) in [6.45, 7) is 3.88. The molecule has 25 heavy (non-hydrogen) atoms. The molecule has 5 nitrogen and oxygen atoms in total. The SMILES string of the molecule is CCCOC(=O)c1ccc(Cl)c(NC(=O)C(C)Oc2ccccc2)c1. The van der Waals surface area contributed by atoms with E-state index < -0.39 is 12.1 Å². The average Bonchev–Trinajstić information content (AvgIpc) is 2.62. The van der Waals surface area contributed by atoms with E-state index in [1.54, 1.807) is 31.2 Å². The first-order valence-electron chi connectivity index (χ1n) is 8.00. The second-order valence-corrected chi connectivity index (χ2v) is 5.80. The van der Waals surface area contributed by atoms with Crippen LogP contribution in [0.15, 0.2) is 48.5 Å². The van der Waals surface area contributed by atoms with Gasteiger partial charge in [0, 0.05) is 0 Å². The van der Waals surface area contributed by atoms with Crippen molar-refractivity contribution in [3.63, 3.8) is 0 Å². The standard InChI is InChI=1S/C19H20ClNO4/c1-3-11-24-19(23)14-9-10-16(20)17(12-14)21-18(22)13(2)25-15-7-5-4-6-8-15/h4-10,12-13H,3,11H2,1-2H3,(H,21,22). The Morgan fingerprint density at radius 1 is 1.16 bits per heavy atom. The Kier molecular flexibility index (Phi) is 6.83. The lowest BCUT2D eigenvalue weighted by atomic mass is 10.2. The van der Waals surface area contributed by atoms with Crippen molar-refractivity contribution in [1.82, 2.24) is 0 Å². The molecule has 0 heterocycles. The van der Waals surface area contributed by atoms with Crippen molar-refractivity contribution >= 4 is 29.2 Å². The molecule has 1 unspecified atom stereocenters. The quantitative estimate of drug-likeness (QED) is 0.746. The van der Waals surface area contributed by atoms with Gasteiger partial charge < -0.3 is 14.8 Å². The van der Waals surface area contributed by atoms with Crippen LogP contribution in [-0.4, -0.2) is 24.6 Å². The van der Waals surface area contributed by atoms with Gasteiger partial charge in [0.1, 0.15) is 5.75 Å². The molecular formula is C19H20ClNO4. The molecule has 0 bridgehead atoms. The summed E-state index contributed by atoms with van der Waals surface area (Å²) < 4.78 is 10.7. The summed E-state index contributed by atoms with van der Waals surface area (Å²) in [6, 6.07) is 13.6.